The van der Waals surface area contributed by atoms with Gasteiger partial charge >= 0.3 is 0 Å². The van der Waals surface area contributed by atoms with Crippen molar-refractivity contribution in [3.63, 3.8) is 0 Å². The molecule has 0 saturated carbocycles. The number of hydrogen-bond acceptors (Lipinski definition) is 1. The maximum absolute atomic E-state index is 5.49. The number of hydrogen-bond donors (Lipinski definition) is 0. The van der Waals surface area contributed by atoms with Gasteiger partial charge in [0.05, 0.1) is 13.2 Å². The molecule has 0 N–H and O–H groups in total. The van der Waals surface area contributed by atoms with E-state index in [1.807, 2.05) is 6.92 Å². The summed E-state index contributed by atoms with van der Waals surface area (Å²) in [6.07, 6.45) is 3.26. The van der Waals surface area contributed by atoms with Gasteiger partial charge in [-0.15, -0.1) is 0 Å². The summed E-state index contributed by atoms with van der Waals surface area (Å²) >= 11 is 0. The van der Waals surface area contributed by atoms with Crippen molar-refractivity contribution in [2.75, 3.05) is 13.2 Å². The summed E-state index contributed by atoms with van der Waals surface area (Å²) in [6, 6.07) is 19.2. The molecule has 0 bridgehead atoms. The van der Waals surface area contributed by atoms with Crippen molar-refractivity contribution in [3.05, 3.63) is 66.5 Å². The molecular weight excluding hydrogens is 272 g/mol. The SMILES string of the molecule is CCOCC[n+]1cn(CCc2ccccc2)c2ccccc21. The lowest BCUT2D eigenvalue weighted by Gasteiger charge is -1.99. The van der Waals surface area contributed by atoms with Crippen LogP contribution in [-0.4, -0.2) is 17.8 Å². The van der Waals surface area contributed by atoms with Gasteiger partial charge < -0.3 is 4.74 Å². The highest BCUT2D eigenvalue weighted by Gasteiger charge is 2.14. The number of imidazole rings is 1. The number of nitrogens with zero attached hydrogens (tertiary/aromatic N) is 2. The lowest BCUT2D eigenvalue weighted by molar-refractivity contribution is -0.674. The second-order valence-corrected chi connectivity index (χ2v) is 5.42. The van der Waals surface area contributed by atoms with Crippen LogP contribution in [0.2, 0.25) is 0 Å². The fraction of sp³-hybridized carbons (Fsp3) is 0.316. The Morgan fingerprint density at radius 1 is 1.00 bits per heavy atom. The molecule has 114 valence electrons. The summed E-state index contributed by atoms with van der Waals surface area (Å²) in [5.74, 6) is 0. The van der Waals surface area contributed by atoms with Gasteiger partial charge in [-0.05, 0) is 24.6 Å². The molecule has 0 saturated heterocycles. The zero-order valence-corrected chi connectivity index (χ0v) is 13.1. The first kappa shape index (κ1) is 14.8. The van der Waals surface area contributed by atoms with Gasteiger partial charge in [-0.1, -0.05) is 42.5 Å². The highest BCUT2D eigenvalue weighted by Crippen LogP contribution is 2.12. The van der Waals surface area contributed by atoms with Crippen molar-refractivity contribution in [3.8, 4) is 0 Å². The molecule has 3 nitrogen and oxygen atoms in total. The first-order valence-electron chi connectivity index (χ1n) is 7.97. The molecule has 0 atom stereocenters. The lowest BCUT2D eigenvalue weighted by Crippen LogP contribution is -2.34. The van der Waals surface area contributed by atoms with Gasteiger partial charge in [0.25, 0.3) is 0 Å². The molecule has 0 unspecified atom stereocenters. The van der Waals surface area contributed by atoms with Crippen LogP contribution in [0.3, 0.4) is 0 Å². The third-order valence-corrected chi connectivity index (χ3v) is 3.94. The van der Waals surface area contributed by atoms with Crippen LogP contribution in [0.25, 0.3) is 11.0 Å². The van der Waals surface area contributed by atoms with Gasteiger partial charge in [0.15, 0.2) is 11.0 Å². The predicted molar refractivity (Wildman–Crippen MR) is 88.8 cm³/mol. The van der Waals surface area contributed by atoms with E-state index in [2.05, 4.69) is 70.1 Å². The van der Waals surface area contributed by atoms with Crippen LogP contribution in [0, 0.1) is 0 Å². The van der Waals surface area contributed by atoms with Crippen LogP contribution in [0.4, 0.5) is 0 Å². The van der Waals surface area contributed by atoms with Crippen molar-refractivity contribution in [2.24, 2.45) is 0 Å². The van der Waals surface area contributed by atoms with Crippen LogP contribution in [0.1, 0.15) is 12.5 Å². The number of aryl methyl sites for hydroxylation is 2. The van der Waals surface area contributed by atoms with Crippen molar-refractivity contribution in [1.82, 2.24) is 4.57 Å². The summed E-state index contributed by atoms with van der Waals surface area (Å²) in [4.78, 5) is 0. The normalized spacial score (nSPS) is 11.1. The molecule has 0 aliphatic rings. The van der Waals surface area contributed by atoms with E-state index < -0.39 is 0 Å². The van der Waals surface area contributed by atoms with E-state index in [-0.39, 0.29) is 0 Å². The van der Waals surface area contributed by atoms with E-state index in [9.17, 15) is 0 Å². The topological polar surface area (TPSA) is 18.0 Å². The number of para-hydroxylation sites is 2. The van der Waals surface area contributed by atoms with Gasteiger partial charge in [-0.2, -0.15) is 0 Å². The van der Waals surface area contributed by atoms with Gasteiger partial charge in [-0.3, -0.25) is 0 Å². The quantitative estimate of drug-likeness (QED) is 0.483. The van der Waals surface area contributed by atoms with Crippen LogP contribution in [0.15, 0.2) is 60.9 Å². The number of ether oxygens (including phenoxy) is 1. The molecule has 0 amide bonds. The second kappa shape index (κ2) is 7.23. The summed E-state index contributed by atoms with van der Waals surface area (Å²) in [5.41, 5.74) is 3.94. The Morgan fingerprint density at radius 2 is 1.77 bits per heavy atom. The van der Waals surface area contributed by atoms with Crippen LogP contribution in [-0.2, 0) is 24.2 Å². The molecule has 0 aliphatic heterocycles. The Hall–Kier alpha value is -2.13. The molecule has 22 heavy (non-hydrogen) atoms. The smallest absolute Gasteiger partial charge is 0.244 e. The molecule has 3 aromatic rings. The maximum Gasteiger partial charge on any atom is 0.244 e. The standard InChI is InChI=1S/C19H23N2O/c1-2-22-15-14-21-16-20(18-10-6-7-11-19(18)21)13-12-17-8-4-3-5-9-17/h3-11,16H,2,12-15H2,1H3/q+1. The largest absolute Gasteiger partial charge is 0.378 e. The van der Waals surface area contributed by atoms with Crippen LogP contribution in [0.5, 0.6) is 0 Å². The zero-order chi connectivity index (χ0) is 15.2. The van der Waals surface area contributed by atoms with E-state index in [1.54, 1.807) is 0 Å². The fourth-order valence-corrected chi connectivity index (χ4v) is 2.80. The minimum atomic E-state index is 0.758. The number of benzene rings is 2. The van der Waals surface area contributed by atoms with Crippen LogP contribution < -0.4 is 4.57 Å². The Balaban J connectivity index is 1.80. The second-order valence-electron chi connectivity index (χ2n) is 5.42. The minimum Gasteiger partial charge on any atom is -0.378 e. The molecule has 2 aromatic carbocycles. The lowest BCUT2D eigenvalue weighted by atomic mass is 10.1. The first-order valence-corrected chi connectivity index (χ1v) is 7.97. The van der Waals surface area contributed by atoms with Crippen molar-refractivity contribution < 1.29 is 9.30 Å². The molecule has 0 fully saturated rings. The van der Waals surface area contributed by atoms with Crippen molar-refractivity contribution in [1.29, 1.82) is 0 Å². The van der Waals surface area contributed by atoms with Crippen molar-refractivity contribution >= 4 is 11.0 Å². The molecule has 3 rings (SSSR count). The van der Waals surface area contributed by atoms with E-state index in [4.69, 9.17) is 4.74 Å². The summed E-state index contributed by atoms with van der Waals surface area (Å²) in [5, 5.41) is 0. The molecule has 1 aromatic heterocycles. The van der Waals surface area contributed by atoms with E-state index >= 15 is 0 Å². The third kappa shape index (κ3) is 3.37. The average molecular weight is 295 g/mol. The molecule has 0 spiro atoms. The van der Waals surface area contributed by atoms with Crippen LogP contribution >= 0.6 is 0 Å². The maximum atomic E-state index is 5.49. The predicted octanol–water partition coefficient (Wildman–Crippen LogP) is 3.21. The van der Waals surface area contributed by atoms with Gasteiger partial charge in [0.2, 0.25) is 6.33 Å². The molecule has 0 radical (unpaired) electrons. The highest BCUT2D eigenvalue weighted by atomic mass is 16.5. The average Bonchev–Trinajstić information content (AvgIpc) is 2.93. The number of rotatable bonds is 7. The Morgan fingerprint density at radius 3 is 2.59 bits per heavy atom. The fourth-order valence-electron chi connectivity index (χ4n) is 2.80. The molecule has 1 heterocycles. The van der Waals surface area contributed by atoms with E-state index in [1.165, 1.54) is 16.6 Å². The third-order valence-electron chi connectivity index (χ3n) is 3.94. The van der Waals surface area contributed by atoms with Gasteiger partial charge in [0, 0.05) is 13.0 Å². The molecule has 3 heteroatoms. The Bertz CT molecular complexity index is 719. The van der Waals surface area contributed by atoms with Crippen molar-refractivity contribution in [2.45, 2.75) is 26.4 Å². The van der Waals surface area contributed by atoms with Gasteiger partial charge in [0.1, 0.15) is 6.54 Å². The minimum absolute atomic E-state index is 0.758. The van der Waals surface area contributed by atoms with E-state index in [0.717, 1.165) is 32.7 Å². The highest BCUT2D eigenvalue weighted by molar-refractivity contribution is 5.71. The zero-order valence-electron chi connectivity index (χ0n) is 13.1. The molecular formula is C19H23N2O+. The monoisotopic (exact) mass is 295 g/mol. The number of fused-ring (bicyclic) bond motifs is 1. The Labute approximate surface area is 131 Å². The summed E-state index contributed by atoms with van der Waals surface area (Å²) in [6.45, 7) is 5.45. The summed E-state index contributed by atoms with van der Waals surface area (Å²) < 4.78 is 10.1. The number of aromatic nitrogens is 2. The first-order chi connectivity index (χ1) is 10.9. The van der Waals surface area contributed by atoms with Gasteiger partial charge in [-0.25, -0.2) is 9.13 Å². The Kier molecular flexibility index (Phi) is 4.86. The molecule has 0 aliphatic carbocycles. The van der Waals surface area contributed by atoms with E-state index in [0.29, 0.717) is 0 Å². The summed E-state index contributed by atoms with van der Waals surface area (Å²) in [7, 11) is 0.